The molecule has 5 nitrogen and oxygen atoms in total. The van der Waals surface area contributed by atoms with E-state index in [1.807, 2.05) is 11.8 Å². The van der Waals surface area contributed by atoms with Crippen molar-refractivity contribution in [3.8, 4) is 0 Å². The molecule has 132 valence electrons. The molecule has 1 aromatic heterocycles. The highest BCUT2D eigenvalue weighted by atomic mass is 32.1. The zero-order valence-corrected chi connectivity index (χ0v) is 14.2. The van der Waals surface area contributed by atoms with Gasteiger partial charge in [0, 0.05) is 25.2 Å². The van der Waals surface area contributed by atoms with Crippen molar-refractivity contribution in [3.05, 3.63) is 24.4 Å². The number of rotatable bonds is 4. The molecule has 2 heterocycles. The van der Waals surface area contributed by atoms with Crippen LogP contribution in [0.4, 0.5) is 24.9 Å². The average molecular weight is 359 g/mol. The van der Waals surface area contributed by atoms with Gasteiger partial charge < -0.3 is 15.5 Å². The molecule has 1 atom stereocenters. The molecule has 0 amide bonds. The van der Waals surface area contributed by atoms with Crippen molar-refractivity contribution in [1.29, 1.82) is 0 Å². The van der Waals surface area contributed by atoms with Crippen molar-refractivity contribution < 1.29 is 13.2 Å². The lowest BCUT2D eigenvalue weighted by atomic mass is 10.0. The summed E-state index contributed by atoms with van der Waals surface area (Å²) in [5.41, 5.74) is -0.987. The molecule has 2 N–H and O–H groups in total. The van der Waals surface area contributed by atoms with E-state index in [0.717, 1.165) is 25.3 Å². The molecule has 1 aliphatic rings. The standard InChI is InChI=1S/C15H20F3N5S/c1-3-7-19-14(24)22-13-20-11(15(16,17)18)9-12(21-13)23-8-5-4-6-10(23)2/h3,9-10H,1,4-8H2,2H3,(H2,19,20,21,22,24)/t10-/m1/s1. The lowest BCUT2D eigenvalue weighted by Gasteiger charge is -2.34. The summed E-state index contributed by atoms with van der Waals surface area (Å²) >= 11 is 5.02. The summed E-state index contributed by atoms with van der Waals surface area (Å²) in [6.45, 7) is 6.58. The van der Waals surface area contributed by atoms with Gasteiger partial charge in [-0.1, -0.05) is 6.08 Å². The Bertz CT molecular complexity index is 605. The fourth-order valence-corrected chi connectivity index (χ4v) is 2.71. The number of alkyl halides is 3. The minimum atomic E-state index is -4.55. The van der Waals surface area contributed by atoms with Crippen LogP contribution >= 0.6 is 12.2 Å². The zero-order valence-electron chi connectivity index (χ0n) is 13.4. The molecule has 0 saturated carbocycles. The predicted octanol–water partition coefficient (Wildman–Crippen LogP) is 3.35. The first-order valence-electron chi connectivity index (χ1n) is 7.70. The molecule has 0 aromatic carbocycles. The quantitative estimate of drug-likeness (QED) is 0.635. The van der Waals surface area contributed by atoms with Crippen LogP contribution in [0.5, 0.6) is 0 Å². The third kappa shape index (κ3) is 4.80. The van der Waals surface area contributed by atoms with Gasteiger partial charge in [0.2, 0.25) is 5.95 Å². The van der Waals surface area contributed by atoms with Gasteiger partial charge in [-0.2, -0.15) is 18.2 Å². The Labute approximate surface area is 144 Å². The molecule has 1 fully saturated rings. The van der Waals surface area contributed by atoms with Gasteiger partial charge in [0.05, 0.1) is 0 Å². The van der Waals surface area contributed by atoms with Crippen molar-refractivity contribution in [3.63, 3.8) is 0 Å². The number of hydrogen-bond donors (Lipinski definition) is 2. The summed E-state index contributed by atoms with van der Waals surface area (Å²) in [6.07, 6.45) is -0.0498. The maximum absolute atomic E-state index is 13.2. The van der Waals surface area contributed by atoms with Crippen LogP contribution in [0.25, 0.3) is 0 Å². The molecular weight excluding hydrogens is 339 g/mol. The van der Waals surface area contributed by atoms with Crippen molar-refractivity contribution >= 4 is 29.1 Å². The lowest BCUT2D eigenvalue weighted by Crippen LogP contribution is -2.38. The Balaban J connectivity index is 2.31. The highest BCUT2D eigenvalue weighted by Gasteiger charge is 2.35. The first kappa shape index (κ1) is 18.4. The fraction of sp³-hybridized carbons (Fsp3) is 0.533. The summed E-state index contributed by atoms with van der Waals surface area (Å²) < 4.78 is 39.5. The van der Waals surface area contributed by atoms with Crippen molar-refractivity contribution in [2.75, 3.05) is 23.3 Å². The van der Waals surface area contributed by atoms with Crippen LogP contribution in [0.15, 0.2) is 18.7 Å². The molecule has 0 unspecified atom stereocenters. The number of thiocarbonyl (C=S) groups is 1. The minimum absolute atomic E-state index is 0.133. The van der Waals surface area contributed by atoms with Crippen molar-refractivity contribution in [2.24, 2.45) is 0 Å². The molecule has 9 heteroatoms. The van der Waals surface area contributed by atoms with Crippen molar-refractivity contribution in [2.45, 2.75) is 38.4 Å². The summed E-state index contributed by atoms with van der Waals surface area (Å²) in [7, 11) is 0. The SMILES string of the molecule is C=CCNC(=S)Nc1nc(N2CCCC[C@H]2C)cc(C(F)(F)F)n1. The Morgan fingerprint density at radius 1 is 1.46 bits per heavy atom. The zero-order chi connectivity index (χ0) is 17.7. The summed E-state index contributed by atoms with van der Waals surface area (Å²) in [4.78, 5) is 9.65. The van der Waals surface area contributed by atoms with Gasteiger partial charge in [0.15, 0.2) is 10.8 Å². The molecular formula is C15H20F3N5S. The highest BCUT2D eigenvalue weighted by Crippen LogP contribution is 2.32. The molecule has 1 aromatic rings. The number of anilines is 2. The molecule has 0 aliphatic carbocycles. The number of nitrogens with zero attached hydrogens (tertiary/aromatic N) is 3. The average Bonchev–Trinajstić information content (AvgIpc) is 2.52. The Hall–Kier alpha value is -1.90. The molecule has 0 spiro atoms. The Kier molecular flexibility index (Phi) is 5.98. The van der Waals surface area contributed by atoms with Gasteiger partial charge in [-0.15, -0.1) is 6.58 Å². The van der Waals surface area contributed by atoms with Crippen LogP contribution < -0.4 is 15.5 Å². The number of piperidine rings is 1. The van der Waals surface area contributed by atoms with Gasteiger partial charge >= 0.3 is 6.18 Å². The first-order valence-corrected chi connectivity index (χ1v) is 8.10. The van der Waals surface area contributed by atoms with Crippen LogP contribution in [0, 0.1) is 0 Å². The van der Waals surface area contributed by atoms with Crippen LogP contribution in [-0.2, 0) is 6.18 Å². The largest absolute Gasteiger partial charge is 0.433 e. The van der Waals surface area contributed by atoms with E-state index in [1.165, 1.54) is 0 Å². The van der Waals surface area contributed by atoms with E-state index in [9.17, 15) is 13.2 Å². The summed E-state index contributed by atoms with van der Waals surface area (Å²) in [5, 5.41) is 5.53. The molecule has 1 saturated heterocycles. The highest BCUT2D eigenvalue weighted by molar-refractivity contribution is 7.80. The van der Waals surface area contributed by atoms with E-state index in [0.29, 0.717) is 13.1 Å². The maximum atomic E-state index is 13.2. The summed E-state index contributed by atoms with van der Waals surface area (Å²) in [6, 6.07) is 1.13. The predicted molar refractivity (Wildman–Crippen MR) is 92.1 cm³/mol. The molecule has 2 rings (SSSR count). The molecule has 1 aliphatic heterocycles. The molecule has 0 bridgehead atoms. The minimum Gasteiger partial charge on any atom is -0.359 e. The van der Waals surface area contributed by atoms with E-state index in [1.54, 1.807) is 6.08 Å². The van der Waals surface area contributed by atoms with E-state index in [4.69, 9.17) is 12.2 Å². The van der Waals surface area contributed by atoms with Gasteiger partial charge in [-0.25, -0.2) is 4.98 Å². The maximum Gasteiger partial charge on any atom is 0.433 e. The third-order valence-corrected chi connectivity index (χ3v) is 3.98. The number of halogens is 3. The smallest absolute Gasteiger partial charge is 0.359 e. The second-order valence-electron chi connectivity index (χ2n) is 5.59. The van der Waals surface area contributed by atoms with Gasteiger partial charge in [0.25, 0.3) is 0 Å². The second-order valence-corrected chi connectivity index (χ2v) is 6.00. The van der Waals surface area contributed by atoms with Crippen LogP contribution in [0.2, 0.25) is 0 Å². The normalized spacial score (nSPS) is 18.2. The van der Waals surface area contributed by atoms with E-state index >= 15 is 0 Å². The van der Waals surface area contributed by atoms with Crippen molar-refractivity contribution in [1.82, 2.24) is 15.3 Å². The van der Waals surface area contributed by atoms with Gasteiger partial charge in [0.1, 0.15) is 5.82 Å². The van der Waals surface area contributed by atoms with Crippen LogP contribution in [-0.4, -0.2) is 34.2 Å². The van der Waals surface area contributed by atoms with E-state index in [2.05, 4.69) is 27.2 Å². The fourth-order valence-electron chi connectivity index (χ4n) is 2.53. The topological polar surface area (TPSA) is 53.1 Å². The van der Waals surface area contributed by atoms with Crippen LogP contribution in [0.1, 0.15) is 31.9 Å². The lowest BCUT2D eigenvalue weighted by molar-refractivity contribution is -0.141. The molecule has 24 heavy (non-hydrogen) atoms. The summed E-state index contributed by atoms with van der Waals surface area (Å²) in [5.74, 6) is 0.0951. The first-order chi connectivity index (χ1) is 11.3. The number of nitrogens with one attached hydrogen (secondary N) is 2. The number of hydrogen-bond acceptors (Lipinski definition) is 4. The van der Waals surface area contributed by atoms with Crippen LogP contribution in [0.3, 0.4) is 0 Å². The third-order valence-electron chi connectivity index (χ3n) is 3.73. The Morgan fingerprint density at radius 2 is 2.21 bits per heavy atom. The molecule has 0 radical (unpaired) electrons. The van der Waals surface area contributed by atoms with Gasteiger partial charge in [-0.3, -0.25) is 0 Å². The second kappa shape index (κ2) is 7.78. The Morgan fingerprint density at radius 3 is 2.83 bits per heavy atom. The monoisotopic (exact) mass is 359 g/mol. The number of aromatic nitrogens is 2. The van der Waals surface area contributed by atoms with E-state index in [-0.39, 0.29) is 22.9 Å². The van der Waals surface area contributed by atoms with E-state index < -0.39 is 11.9 Å². The van der Waals surface area contributed by atoms with Gasteiger partial charge in [-0.05, 0) is 38.4 Å².